The molecule has 0 saturated carbocycles. The highest BCUT2D eigenvalue weighted by Gasteiger charge is 1.94. The molecular formula is C16H20ClO4+. The maximum Gasteiger partial charge on any atom is 0.286 e. The number of para-hydroxylation sites is 1. The van der Waals surface area contributed by atoms with Crippen LogP contribution in [0.3, 0.4) is 0 Å². The van der Waals surface area contributed by atoms with E-state index in [0.29, 0.717) is 12.9 Å². The lowest BCUT2D eigenvalue weighted by atomic mass is 10.3. The third-order valence-electron chi connectivity index (χ3n) is 1.89. The number of hydrogen-bond acceptors (Lipinski definition) is 4. The standard InChI is InChI=1S/C8H10O2.C6H4O.C2H5ClO/c1-9-7-10-8-5-3-2-4-6-8;7-6-4-2-1-3-5-6;1-4-2-3/h2-6H,7H2,1H3;1-4H;2H2,1H3/p+1. The molecule has 0 spiro atoms. The van der Waals surface area contributed by atoms with Crippen molar-refractivity contribution in [3.05, 3.63) is 66.5 Å². The SMILES string of the molecule is COCCl.COCOc1ccccc1.OC1=CC=CC=[C+]1. The Labute approximate surface area is 130 Å². The van der Waals surface area contributed by atoms with Crippen molar-refractivity contribution < 1.29 is 19.3 Å². The Kier molecular flexibility index (Phi) is 13.3. The van der Waals surface area contributed by atoms with Crippen molar-refractivity contribution in [1.29, 1.82) is 0 Å². The number of allylic oxidation sites excluding steroid dienone is 5. The minimum atomic E-state index is 0.197. The van der Waals surface area contributed by atoms with Crippen molar-refractivity contribution in [2.75, 3.05) is 27.1 Å². The van der Waals surface area contributed by atoms with Gasteiger partial charge in [-0.3, -0.25) is 0 Å². The molecule has 21 heavy (non-hydrogen) atoms. The molecule has 2 rings (SSSR count). The van der Waals surface area contributed by atoms with Crippen LogP contribution in [0.5, 0.6) is 5.75 Å². The molecule has 0 fully saturated rings. The lowest BCUT2D eigenvalue weighted by Crippen LogP contribution is -1.97. The van der Waals surface area contributed by atoms with Gasteiger partial charge in [-0.15, -0.1) is 0 Å². The van der Waals surface area contributed by atoms with E-state index in [1.807, 2.05) is 30.3 Å². The molecule has 1 aliphatic rings. The lowest BCUT2D eigenvalue weighted by molar-refractivity contribution is 0.0511. The highest BCUT2D eigenvalue weighted by atomic mass is 35.5. The molecule has 0 radical (unpaired) electrons. The Bertz CT molecular complexity index is 425. The van der Waals surface area contributed by atoms with E-state index in [9.17, 15) is 0 Å². The van der Waals surface area contributed by atoms with Crippen LogP contribution in [0.25, 0.3) is 0 Å². The summed E-state index contributed by atoms with van der Waals surface area (Å²) in [5.41, 5.74) is 0. The molecule has 0 amide bonds. The highest BCUT2D eigenvalue weighted by Crippen LogP contribution is 2.07. The zero-order valence-corrected chi connectivity index (χ0v) is 12.9. The first-order chi connectivity index (χ1) is 10.2. The molecule has 5 heteroatoms. The van der Waals surface area contributed by atoms with Crippen molar-refractivity contribution in [3.63, 3.8) is 0 Å². The van der Waals surface area contributed by atoms with Crippen molar-refractivity contribution in [2.24, 2.45) is 0 Å². The fourth-order valence-electron chi connectivity index (χ4n) is 1.03. The molecule has 114 valence electrons. The third kappa shape index (κ3) is 12.9. The van der Waals surface area contributed by atoms with Crippen LogP contribution >= 0.6 is 11.6 Å². The summed E-state index contributed by atoms with van der Waals surface area (Å²) in [7, 11) is 3.15. The van der Waals surface area contributed by atoms with Gasteiger partial charge in [0.1, 0.15) is 17.9 Å². The Morgan fingerprint density at radius 3 is 2.14 bits per heavy atom. The maximum atomic E-state index is 8.58. The van der Waals surface area contributed by atoms with Crippen molar-refractivity contribution in [1.82, 2.24) is 0 Å². The molecule has 0 unspecified atom stereocenters. The van der Waals surface area contributed by atoms with Crippen LogP contribution in [0.4, 0.5) is 0 Å². The number of alkyl halides is 1. The molecule has 1 aliphatic carbocycles. The van der Waals surface area contributed by atoms with E-state index in [0.717, 1.165) is 5.75 Å². The van der Waals surface area contributed by atoms with Gasteiger partial charge in [0.05, 0.1) is 18.2 Å². The second kappa shape index (κ2) is 14.6. The van der Waals surface area contributed by atoms with Crippen LogP contribution in [0.1, 0.15) is 0 Å². The number of aliphatic hydroxyl groups is 1. The minimum Gasteiger partial charge on any atom is -0.481 e. The second-order valence-corrected chi connectivity index (χ2v) is 3.73. The predicted molar refractivity (Wildman–Crippen MR) is 84.3 cm³/mol. The molecule has 0 aromatic heterocycles. The summed E-state index contributed by atoms with van der Waals surface area (Å²) in [5.74, 6) is 1.03. The topological polar surface area (TPSA) is 47.9 Å². The summed E-state index contributed by atoms with van der Waals surface area (Å²) < 4.78 is 14.2. The Morgan fingerprint density at radius 2 is 1.76 bits per heavy atom. The van der Waals surface area contributed by atoms with Gasteiger partial charge in [0.25, 0.3) is 5.76 Å². The zero-order valence-electron chi connectivity index (χ0n) is 12.2. The maximum absolute atomic E-state index is 8.58. The van der Waals surface area contributed by atoms with Gasteiger partial charge < -0.3 is 19.3 Å². The van der Waals surface area contributed by atoms with Gasteiger partial charge in [0.2, 0.25) is 0 Å². The van der Waals surface area contributed by atoms with Crippen LogP contribution < -0.4 is 4.74 Å². The third-order valence-corrected chi connectivity index (χ3v) is 2.11. The molecule has 0 atom stereocenters. The molecule has 0 bridgehead atoms. The van der Waals surface area contributed by atoms with Gasteiger partial charge in [-0.2, -0.15) is 0 Å². The second-order valence-electron chi connectivity index (χ2n) is 3.51. The molecule has 1 aromatic rings. The number of benzene rings is 1. The van der Waals surface area contributed by atoms with E-state index in [4.69, 9.17) is 26.2 Å². The largest absolute Gasteiger partial charge is 0.481 e. The summed E-state index contributed by atoms with van der Waals surface area (Å²) in [6.07, 6.45) is 9.39. The number of hydrogen-bond donors (Lipinski definition) is 1. The van der Waals surface area contributed by atoms with Gasteiger partial charge in [-0.25, -0.2) is 0 Å². The summed E-state index contributed by atoms with van der Waals surface area (Å²) in [6.45, 7) is 0.310. The van der Waals surface area contributed by atoms with Crippen molar-refractivity contribution >= 4 is 11.6 Å². The summed E-state index contributed by atoms with van der Waals surface area (Å²) in [4.78, 5) is 0. The Balaban J connectivity index is 0.000000317. The molecule has 0 aliphatic heterocycles. The molecule has 0 saturated heterocycles. The van der Waals surface area contributed by atoms with Crippen LogP contribution in [-0.4, -0.2) is 32.2 Å². The number of halogens is 1. The zero-order chi connectivity index (χ0) is 15.8. The van der Waals surface area contributed by atoms with Crippen molar-refractivity contribution in [2.45, 2.75) is 0 Å². The average Bonchev–Trinajstić information content (AvgIpc) is 2.55. The number of ether oxygens (including phenoxy) is 3. The molecular weight excluding hydrogens is 292 g/mol. The predicted octanol–water partition coefficient (Wildman–Crippen LogP) is 3.86. The van der Waals surface area contributed by atoms with Crippen molar-refractivity contribution in [3.8, 4) is 5.75 Å². The first kappa shape index (κ1) is 19.2. The molecule has 0 heterocycles. The summed E-state index contributed by atoms with van der Waals surface area (Å²) >= 11 is 4.96. The fraction of sp³-hybridized carbons (Fsp3) is 0.250. The first-order valence-electron chi connectivity index (χ1n) is 6.12. The van der Waals surface area contributed by atoms with E-state index >= 15 is 0 Å². The van der Waals surface area contributed by atoms with Crippen LogP contribution in [0.2, 0.25) is 0 Å². The number of rotatable bonds is 4. The van der Waals surface area contributed by atoms with Gasteiger partial charge >= 0.3 is 0 Å². The van der Waals surface area contributed by atoms with E-state index in [-0.39, 0.29) is 5.76 Å². The molecule has 1 aromatic carbocycles. The van der Waals surface area contributed by atoms with Gasteiger partial charge in [-0.1, -0.05) is 29.8 Å². The van der Waals surface area contributed by atoms with Gasteiger partial charge in [-0.05, 0) is 12.1 Å². The quantitative estimate of drug-likeness (QED) is 0.521. The monoisotopic (exact) mass is 311 g/mol. The average molecular weight is 312 g/mol. The Hall–Kier alpha value is -1.84. The fourth-order valence-corrected chi connectivity index (χ4v) is 1.03. The van der Waals surface area contributed by atoms with Gasteiger partial charge in [0, 0.05) is 20.3 Å². The summed E-state index contributed by atoms with van der Waals surface area (Å²) in [5, 5.41) is 8.58. The van der Waals surface area contributed by atoms with Crippen LogP contribution in [-0.2, 0) is 9.47 Å². The van der Waals surface area contributed by atoms with Gasteiger partial charge in [0.15, 0.2) is 6.79 Å². The van der Waals surface area contributed by atoms with E-state index in [1.54, 1.807) is 38.5 Å². The highest BCUT2D eigenvalue weighted by molar-refractivity contribution is 6.17. The minimum absolute atomic E-state index is 0.197. The number of methoxy groups -OCH3 is 2. The van der Waals surface area contributed by atoms with E-state index in [2.05, 4.69) is 10.8 Å². The van der Waals surface area contributed by atoms with E-state index < -0.39 is 0 Å². The van der Waals surface area contributed by atoms with E-state index in [1.165, 1.54) is 0 Å². The lowest BCUT2D eigenvalue weighted by Gasteiger charge is -2.01. The molecule has 4 nitrogen and oxygen atoms in total. The smallest absolute Gasteiger partial charge is 0.286 e. The van der Waals surface area contributed by atoms with Crippen LogP contribution in [0, 0.1) is 6.08 Å². The first-order valence-corrected chi connectivity index (χ1v) is 6.65. The normalized spacial score (nSPS) is 11.1. The summed E-state index contributed by atoms with van der Waals surface area (Å²) in [6, 6.07) is 9.85. The van der Waals surface area contributed by atoms with Crippen LogP contribution in [0.15, 0.2) is 60.4 Å². The number of aliphatic hydroxyl groups excluding tert-OH is 1. The Morgan fingerprint density at radius 1 is 1.10 bits per heavy atom. The molecule has 1 N–H and O–H groups in total.